The molecular formula is C10H8FNO3S. The van der Waals surface area contributed by atoms with Gasteiger partial charge in [0.1, 0.15) is 16.8 Å². The second-order valence-corrected chi connectivity index (χ2v) is 4.21. The molecule has 1 aromatic carbocycles. The summed E-state index contributed by atoms with van der Waals surface area (Å²) >= 11 is 0.751. The molecule has 16 heavy (non-hydrogen) atoms. The molecule has 1 aromatic rings. The zero-order valence-corrected chi connectivity index (χ0v) is 9.14. The first-order valence-corrected chi connectivity index (χ1v) is 5.35. The lowest BCUT2D eigenvalue weighted by atomic mass is 10.1. The average molecular weight is 241 g/mol. The van der Waals surface area contributed by atoms with Gasteiger partial charge in [-0.3, -0.25) is 14.9 Å². The number of amides is 2. The number of nitrogens with one attached hydrogen (secondary N) is 1. The number of imide groups is 1. The second-order valence-electron chi connectivity index (χ2n) is 3.13. The lowest BCUT2D eigenvalue weighted by Crippen LogP contribution is -2.21. The van der Waals surface area contributed by atoms with Crippen molar-refractivity contribution in [3.05, 3.63) is 29.6 Å². The van der Waals surface area contributed by atoms with Gasteiger partial charge in [-0.1, -0.05) is 6.07 Å². The fraction of sp³-hybridized carbons (Fsp3) is 0.200. The van der Waals surface area contributed by atoms with Gasteiger partial charge in [0.15, 0.2) is 0 Å². The van der Waals surface area contributed by atoms with Crippen molar-refractivity contribution < 1.29 is 18.7 Å². The molecular weight excluding hydrogens is 233 g/mol. The molecule has 1 saturated heterocycles. The maximum atomic E-state index is 13.6. The highest BCUT2D eigenvalue weighted by Crippen LogP contribution is 2.40. The first-order chi connectivity index (χ1) is 7.63. The van der Waals surface area contributed by atoms with Gasteiger partial charge in [-0.05, 0) is 23.9 Å². The van der Waals surface area contributed by atoms with Gasteiger partial charge in [0.05, 0.1) is 12.7 Å². The van der Waals surface area contributed by atoms with Gasteiger partial charge in [-0.15, -0.1) is 0 Å². The standard InChI is InChI=1S/C10H8FNO3S/c1-15-6-4-2-3-5(11)7(6)8-9(13)12-10(14)16-8/h2-4,8H,1H3,(H,12,13,14). The summed E-state index contributed by atoms with van der Waals surface area (Å²) in [7, 11) is 1.39. The van der Waals surface area contributed by atoms with Crippen LogP contribution < -0.4 is 10.1 Å². The van der Waals surface area contributed by atoms with E-state index in [2.05, 4.69) is 5.32 Å². The van der Waals surface area contributed by atoms with Crippen LogP contribution in [0.5, 0.6) is 5.75 Å². The molecule has 1 aliphatic rings. The van der Waals surface area contributed by atoms with Crippen molar-refractivity contribution >= 4 is 22.9 Å². The van der Waals surface area contributed by atoms with Crippen molar-refractivity contribution in [3.63, 3.8) is 0 Å². The zero-order chi connectivity index (χ0) is 11.7. The highest BCUT2D eigenvalue weighted by atomic mass is 32.2. The van der Waals surface area contributed by atoms with Crippen LogP contribution >= 0.6 is 11.8 Å². The van der Waals surface area contributed by atoms with Crippen molar-refractivity contribution in [1.29, 1.82) is 0 Å². The molecule has 2 rings (SSSR count). The summed E-state index contributed by atoms with van der Waals surface area (Å²) in [6.07, 6.45) is 0. The Bertz CT molecular complexity index is 463. The minimum Gasteiger partial charge on any atom is -0.496 e. The number of methoxy groups -OCH3 is 1. The molecule has 4 nitrogen and oxygen atoms in total. The van der Waals surface area contributed by atoms with E-state index in [-0.39, 0.29) is 11.3 Å². The minimum atomic E-state index is -0.872. The summed E-state index contributed by atoms with van der Waals surface area (Å²) in [4.78, 5) is 22.4. The maximum absolute atomic E-state index is 13.6. The molecule has 0 saturated carbocycles. The van der Waals surface area contributed by atoms with Crippen LogP contribution in [0.3, 0.4) is 0 Å². The van der Waals surface area contributed by atoms with E-state index in [1.165, 1.54) is 19.2 Å². The molecule has 0 aromatic heterocycles. The molecule has 0 aliphatic carbocycles. The van der Waals surface area contributed by atoms with Crippen LogP contribution in [-0.4, -0.2) is 18.3 Å². The largest absolute Gasteiger partial charge is 0.496 e. The molecule has 1 aliphatic heterocycles. The van der Waals surface area contributed by atoms with Gasteiger partial charge in [0.25, 0.3) is 5.24 Å². The number of rotatable bonds is 2. The third-order valence-electron chi connectivity index (χ3n) is 2.18. The quantitative estimate of drug-likeness (QED) is 0.858. The summed E-state index contributed by atoms with van der Waals surface area (Å²) < 4.78 is 18.6. The Morgan fingerprint density at radius 2 is 2.19 bits per heavy atom. The Morgan fingerprint density at radius 3 is 2.75 bits per heavy atom. The summed E-state index contributed by atoms with van der Waals surface area (Å²) in [5.74, 6) is -0.803. The molecule has 0 spiro atoms. The summed E-state index contributed by atoms with van der Waals surface area (Å²) in [6.45, 7) is 0. The third kappa shape index (κ3) is 1.76. The van der Waals surface area contributed by atoms with E-state index in [1.807, 2.05) is 0 Å². The van der Waals surface area contributed by atoms with E-state index < -0.39 is 22.2 Å². The normalized spacial score (nSPS) is 19.8. The Labute approximate surface area is 95.2 Å². The molecule has 6 heteroatoms. The van der Waals surface area contributed by atoms with E-state index in [0.29, 0.717) is 0 Å². The molecule has 1 heterocycles. The molecule has 84 valence electrons. The first-order valence-electron chi connectivity index (χ1n) is 4.47. The van der Waals surface area contributed by atoms with Crippen LogP contribution in [0.4, 0.5) is 9.18 Å². The van der Waals surface area contributed by atoms with Crippen molar-refractivity contribution in [1.82, 2.24) is 5.32 Å². The Balaban J connectivity index is 2.47. The van der Waals surface area contributed by atoms with Gasteiger partial charge < -0.3 is 4.74 Å². The number of halogens is 1. The number of carbonyl (C=O) groups is 2. The number of ether oxygens (including phenoxy) is 1. The predicted molar refractivity (Wildman–Crippen MR) is 56.8 cm³/mol. The number of thioether (sulfide) groups is 1. The summed E-state index contributed by atoms with van der Waals surface area (Å²) in [5, 5.41) is 0.763. The number of benzene rings is 1. The summed E-state index contributed by atoms with van der Waals surface area (Å²) in [6, 6.07) is 4.26. The highest BCUT2D eigenvalue weighted by Gasteiger charge is 2.36. The molecule has 1 fully saturated rings. The lowest BCUT2D eigenvalue weighted by molar-refractivity contribution is -0.119. The summed E-state index contributed by atoms with van der Waals surface area (Å²) in [5.41, 5.74) is 0.110. The minimum absolute atomic E-state index is 0.110. The fourth-order valence-electron chi connectivity index (χ4n) is 1.50. The highest BCUT2D eigenvalue weighted by molar-refractivity contribution is 8.15. The zero-order valence-electron chi connectivity index (χ0n) is 8.32. The van der Waals surface area contributed by atoms with E-state index in [9.17, 15) is 14.0 Å². The SMILES string of the molecule is COc1cccc(F)c1C1SC(=O)NC1=O. The van der Waals surface area contributed by atoms with E-state index in [1.54, 1.807) is 6.07 Å². The lowest BCUT2D eigenvalue weighted by Gasteiger charge is -2.11. The first kappa shape index (κ1) is 10.9. The van der Waals surface area contributed by atoms with Crippen LogP contribution in [0.2, 0.25) is 0 Å². The Hall–Kier alpha value is -1.56. The van der Waals surface area contributed by atoms with Crippen LogP contribution in [0.25, 0.3) is 0 Å². The van der Waals surface area contributed by atoms with E-state index >= 15 is 0 Å². The molecule has 0 bridgehead atoms. The predicted octanol–water partition coefficient (Wildman–Crippen LogP) is 1.86. The monoisotopic (exact) mass is 241 g/mol. The van der Waals surface area contributed by atoms with E-state index in [0.717, 1.165) is 11.8 Å². The van der Waals surface area contributed by atoms with Crippen LogP contribution in [-0.2, 0) is 4.79 Å². The third-order valence-corrected chi connectivity index (χ3v) is 3.18. The van der Waals surface area contributed by atoms with Gasteiger partial charge >= 0.3 is 0 Å². The van der Waals surface area contributed by atoms with E-state index in [4.69, 9.17) is 4.74 Å². The molecule has 0 radical (unpaired) electrons. The van der Waals surface area contributed by atoms with Gasteiger partial charge in [-0.2, -0.15) is 0 Å². The second kappa shape index (κ2) is 4.13. The van der Waals surface area contributed by atoms with Crippen molar-refractivity contribution in [2.75, 3.05) is 7.11 Å². The van der Waals surface area contributed by atoms with Crippen LogP contribution in [0, 0.1) is 5.82 Å². The Kier molecular flexibility index (Phi) is 2.82. The molecule has 1 N–H and O–H groups in total. The number of hydrogen-bond donors (Lipinski definition) is 1. The smallest absolute Gasteiger partial charge is 0.286 e. The average Bonchev–Trinajstić information content (AvgIpc) is 2.57. The number of carbonyl (C=O) groups excluding carboxylic acids is 2. The molecule has 1 atom stereocenters. The Morgan fingerprint density at radius 1 is 1.44 bits per heavy atom. The van der Waals surface area contributed by atoms with Crippen molar-refractivity contribution in [3.8, 4) is 5.75 Å². The van der Waals surface area contributed by atoms with Crippen LogP contribution in [0.15, 0.2) is 18.2 Å². The molecule has 1 unspecified atom stereocenters. The van der Waals surface area contributed by atoms with Crippen molar-refractivity contribution in [2.45, 2.75) is 5.25 Å². The van der Waals surface area contributed by atoms with Crippen molar-refractivity contribution in [2.24, 2.45) is 0 Å². The maximum Gasteiger partial charge on any atom is 0.286 e. The number of hydrogen-bond acceptors (Lipinski definition) is 4. The molecule has 2 amide bonds. The topological polar surface area (TPSA) is 55.4 Å². The van der Waals surface area contributed by atoms with Gasteiger partial charge in [0.2, 0.25) is 5.91 Å². The fourth-order valence-corrected chi connectivity index (χ4v) is 2.38. The van der Waals surface area contributed by atoms with Gasteiger partial charge in [0, 0.05) is 0 Å². The van der Waals surface area contributed by atoms with Gasteiger partial charge in [-0.25, -0.2) is 4.39 Å². The van der Waals surface area contributed by atoms with Crippen LogP contribution in [0.1, 0.15) is 10.8 Å².